The van der Waals surface area contributed by atoms with Crippen LogP contribution in [0.3, 0.4) is 0 Å². The van der Waals surface area contributed by atoms with Crippen molar-refractivity contribution >= 4 is 19.5 Å². The molecule has 10 heteroatoms. The molecular weight excluding hydrogens is 800 g/mol. The lowest BCUT2D eigenvalue weighted by atomic mass is 10.1. The molecular formula is C52H103O9P. The van der Waals surface area contributed by atoms with Crippen LogP contribution < -0.4 is 0 Å². The van der Waals surface area contributed by atoms with Crippen LogP contribution >= 0.6 is 7.60 Å². The second-order valence-corrected chi connectivity index (χ2v) is 20.1. The zero-order chi connectivity index (χ0) is 45.7. The summed E-state index contributed by atoms with van der Waals surface area (Å²) in [4.78, 5) is 50.3. The Morgan fingerprint density at radius 2 is 0.645 bits per heavy atom. The van der Waals surface area contributed by atoms with Gasteiger partial charge in [-0.15, -0.1) is 0 Å². The van der Waals surface area contributed by atoms with Gasteiger partial charge >= 0.3 is 24.9 Å². The smallest absolute Gasteiger partial charge is 0.372 e. The van der Waals surface area contributed by atoms with Gasteiger partial charge in [0.05, 0.1) is 13.2 Å². The molecule has 0 bridgehead atoms. The molecule has 2 unspecified atom stereocenters. The zero-order valence-corrected chi connectivity index (χ0v) is 42.3. The standard InChI is InChI=1S/C52H103O9P/c1-5-9-13-17-21-25-29-33-37-41-45-58-49(50(53)59-46-42-38-34-30-26-22-18-14-10-6-2)52(62(55,56)57,61-48-44-40-36-32-28-24-20-16-12-8-4)51(54)60-47-43-39-35-31-27-23-19-15-11-7-3/h49H,5-48H2,1-4H3,(H2,55,56,57). The van der Waals surface area contributed by atoms with Gasteiger partial charge in [-0.3, -0.25) is 4.57 Å². The molecule has 62 heavy (non-hydrogen) atoms. The number of rotatable bonds is 50. The van der Waals surface area contributed by atoms with E-state index in [1.807, 2.05) is 0 Å². The van der Waals surface area contributed by atoms with Gasteiger partial charge in [0.2, 0.25) is 6.10 Å². The highest BCUT2D eigenvalue weighted by Crippen LogP contribution is 2.55. The van der Waals surface area contributed by atoms with E-state index in [9.17, 15) is 23.9 Å². The van der Waals surface area contributed by atoms with Crippen molar-refractivity contribution in [3.8, 4) is 0 Å². The number of hydrogen-bond acceptors (Lipinski definition) is 7. The zero-order valence-electron chi connectivity index (χ0n) is 41.4. The van der Waals surface area contributed by atoms with Gasteiger partial charge in [0.1, 0.15) is 0 Å². The largest absolute Gasteiger partial charge is 0.464 e. The fourth-order valence-electron chi connectivity index (χ4n) is 8.24. The van der Waals surface area contributed by atoms with Crippen LogP contribution in [0.1, 0.15) is 285 Å². The first kappa shape index (κ1) is 61.0. The Labute approximate surface area is 383 Å². The summed E-state index contributed by atoms with van der Waals surface area (Å²) in [6.45, 7) is 8.89. The predicted molar refractivity (Wildman–Crippen MR) is 260 cm³/mol. The number of unbranched alkanes of at least 4 members (excludes halogenated alkanes) is 36. The van der Waals surface area contributed by atoms with Gasteiger partial charge < -0.3 is 28.7 Å². The van der Waals surface area contributed by atoms with Gasteiger partial charge in [-0.1, -0.05) is 259 Å². The van der Waals surface area contributed by atoms with Crippen LogP contribution in [0.2, 0.25) is 0 Å². The predicted octanol–water partition coefficient (Wildman–Crippen LogP) is 16.0. The minimum absolute atomic E-state index is 0.0164. The van der Waals surface area contributed by atoms with E-state index in [1.165, 1.54) is 148 Å². The van der Waals surface area contributed by atoms with Gasteiger partial charge in [-0.05, 0) is 25.7 Å². The third kappa shape index (κ3) is 33.5. The maximum absolute atomic E-state index is 14.2. The van der Waals surface area contributed by atoms with Crippen LogP contribution in [0.15, 0.2) is 0 Å². The van der Waals surface area contributed by atoms with Crippen LogP contribution in [0.25, 0.3) is 0 Å². The van der Waals surface area contributed by atoms with Crippen LogP contribution in [0, 0.1) is 0 Å². The van der Waals surface area contributed by atoms with Crippen molar-refractivity contribution in [3.05, 3.63) is 0 Å². The molecule has 0 aromatic rings. The van der Waals surface area contributed by atoms with Crippen LogP contribution in [-0.2, 0) is 33.1 Å². The van der Waals surface area contributed by atoms with Crippen LogP contribution in [0.5, 0.6) is 0 Å². The van der Waals surface area contributed by atoms with E-state index in [0.717, 1.165) is 83.5 Å². The summed E-state index contributed by atoms with van der Waals surface area (Å²) in [5.41, 5.74) is 0. The molecule has 0 aromatic heterocycles. The van der Waals surface area contributed by atoms with Gasteiger partial charge in [0.25, 0.3) is 0 Å². The summed E-state index contributed by atoms with van der Waals surface area (Å²) in [6.07, 6.45) is 41.9. The molecule has 370 valence electrons. The molecule has 0 aliphatic carbocycles. The van der Waals surface area contributed by atoms with Crippen molar-refractivity contribution in [1.82, 2.24) is 0 Å². The maximum atomic E-state index is 14.2. The number of hydrogen-bond donors (Lipinski definition) is 2. The average Bonchev–Trinajstić information content (AvgIpc) is 3.25. The van der Waals surface area contributed by atoms with Crippen molar-refractivity contribution in [2.45, 2.75) is 296 Å². The minimum atomic E-state index is -5.51. The molecule has 9 nitrogen and oxygen atoms in total. The molecule has 2 N–H and O–H groups in total. The van der Waals surface area contributed by atoms with Crippen LogP contribution in [-0.4, -0.2) is 59.6 Å². The Morgan fingerprint density at radius 1 is 0.387 bits per heavy atom. The van der Waals surface area contributed by atoms with Gasteiger partial charge in [-0.25, -0.2) is 9.59 Å². The third-order valence-corrected chi connectivity index (χ3v) is 13.8. The second-order valence-electron chi connectivity index (χ2n) is 18.4. The summed E-state index contributed by atoms with van der Waals surface area (Å²) >= 11 is 0. The van der Waals surface area contributed by atoms with E-state index in [-0.39, 0.29) is 26.4 Å². The fraction of sp³-hybridized carbons (Fsp3) is 0.962. The third-order valence-electron chi connectivity index (χ3n) is 12.4. The lowest BCUT2D eigenvalue weighted by Crippen LogP contribution is -2.57. The number of ether oxygens (including phenoxy) is 4. The minimum Gasteiger partial charge on any atom is -0.464 e. The van der Waals surface area contributed by atoms with Crippen molar-refractivity contribution in [3.63, 3.8) is 0 Å². The topological polar surface area (TPSA) is 129 Å². The fourth-order valence-corrected chi connectivity index (χ4v) is 9.29. The Balaban J connectivity index is 5.78. The molecule has 0 heterocycles. The molecule has 0 rings (SSSR count). The van der Waals surface area contributed by atoms with E-state index in [4.69, 9.17) is 18.9 Å². The van der Waals surface area contributed by atoms with Crippen molar-refractivity contribution in [1.29, 1.82) is 0 Å². The molecule has 0 radical (unpaired) electrons. The highest BCUT2D eigenvalue weighted by atomic mass is 31.2. The second kappa shape index (κ2) is 45.2. The van der Waals surface area contributed by atoms with Gasteiger partial charge in [-0.2, -0.15) is 0 Å². The molecule has 0 aromatic carbocycles. The van der Waals surface area contributed by atoms with Crippen LogP contribution in [0.4, 0.5) is 0 Å². The molecule has 0 aliphatic rings. The summed E-state index contributed by atoms with van der Waals surface area (Å²) in [6, 6.07) is 0. The molecule has 0 saturated carbocycles. The SMILES string of the molecule is CCCCCCCCCCCCOC(=O)C(OCCCCCCCCCCCC)C(OCCCCCCCCCCCC)(C(=O)OCCCCCCCCCCCC)P(=O)(O)O. The van der Waals surface area contributed by atoms with Gasteiger partial charge in [0, 0.05) is 13.2 Å². The highest BCUT2D eigenvalue weighted by Gasteiger charge is 2.66. The van der Waals surface area contributed by atoms with E-state index >= 15 is 0 Å². The first-order chi connectivity index (χ1) is 30.2. The van der Waals surface area contributed by atoms with Crippen molar-refractivity contribution in [2.24, 2.45) is 0 Å². The summed E-state index contributed by atoms with van der Waals surface area (Å²) in [5, 5.41) is -2.95. The average molecular weight is 903 g/mol. The Hall–Kier alpha value is -0.990. The number of esters is 2. The van der Waals surface area contributed by atoms with E-state index in [1.54, 1.807) is 0 Å². The van der Waals surface area contributed by atoms with E-state index in [0.29, 0.717) is 25.7 Å². The lowest BCUT2D eigenvalue weighted by molar-refractivity contribution is -0.194. The monoisotopic (exact) mass is 903 g/mol. The van der Waals surface area contributed by atoms with Crippen molar-refractivity contribution < 1.29 is 42.9 Å². The first-order valence-corrected chi connectivity index (χ1v) is 28.5. The summed E-state index contributed by atoms with van der Waals surface area (Å²) in [7, 11) is -5.51. The molecule has 0 amide bonds. The summed E-state index contributed by atoms with van der Waals surface area (Å²) < 4.78 is 37.2. The molecule has 0 aliphatic heterocycles. The van der Waals surface area contributed by atoms with E-state index < -0.39 is 31.0 Å². The van der Waals surface area contributed by atoms with E-state index in [2.05, 4.69) is 27.7 Å². The quantitative estimate of drug-likeness (QED) is 0.0348. The van der Waals surface area contributed by atoms with Gasteiger partial charge in [0.15, 0.2) is 0 Å². The maximum Gasteiger partial charge on any atom is 0.372 e. The molecule has 0 spiro atoms. The Bertz CT molecular complexity index is 1020. The molecule has 0 saturated heterocycles. The molecule has 0 fully saturated rings. The van der Waals surface area contributed by atoms with Crippen molar-refractivity contribution in [2.75, 3.05) is 26.4 Å². The lowest BCUT2D eigenvalue weighted by Gasteiger charge is -2.36. The Morgan fingerprint density at radius 3 is 0.952 bits per heavy atom. The molecule has 2 atom stereocenters. The first-order valence-electron chi connectivity index (χ1n) is 26.9. The normalized spacial score (nSPS) is 13.3. The summed E-state index contributed by atoms with van der Waals surface area (Å²) in [5.74, 6) is -2.21. The highest BCUT2D eigenvalue weighted by molar-refractivity contribution is 7.54. The Kier molecular flexibility index (Phi) is 44.5. The number of carbonyl (C=O) groups is 2. The number of carbonyl (C=O) groups excluding carboxylic acids is 2.